The van der Waals surface area contributed by atoms with Crippen LogP contribution in [-0.4, -0.2) is 28.8 Å². The highest BCUT2D eigenvalue weighted by atomic mass is 28.4. The van der Waals surface area contributed by atoms with E-state index >= 15 is 0 Å². The molecule has 1 heterocycles. The molecule has 1 aliphatic heterocycles. The first-order chi connectivity index (χ1) is 10.8. The lowest BCUT2D eigenvalue weighted by atomic mass is 9.88. The van der Waals surface area contributed by atoms with E-state index in [0.717, 1.165) is 23.3 Å². The van der Waals surface area contributed by atoms with Gasteiger partial charge in [-0.15, -0.1) is 0 Å². The van der Waals surface area contributed by atoms with Crippen molar-refractivity contribution in [3.05, 3.63) is 0 Å². The highest BCUT2D eigenvalue weighted by molar-refractivity contribution is 6.85. The molecular weight excluding hydrogens is 316 g/mol. The molecule has 1 saturated heterocycles. The molecule has 0 amide bonds. The van der Waals surface area contributed by atoms with Gasteiger partial charge in [0.1, 0.15) is 0 Å². The van der Waals surface area contributed by atoms with Crippen LogP contribution >= 0.6 is 0 Å². The summed E-state index contributed by atoms with van der Waals surface area (Å²) in [4.78, 5) is 0. The Kier molecular flexibility index (Phi) is 4.35. The molecule has 6 atom stereocenters. The second kappa shape index (κ2) is 5.96. The molecule has 4 rings (SSSR count). The van der Waals surface area contributed by atoms with Crippen LogP contribution in [0.3, 0.4) is 0 Å². The molecule has 132 valence electrons. The van der Waals surface area contributed by atoms with Crippen molar-refractivity contribution in [2.24, 2.45) is 17.8 Å². The molecule has 0 aromatic carbocycles. The summed E-state index contributed by atoms with van der Waals surface area (Å²) in [5.41, 5.74) is 0.961. The molecule has 0 spiro atoms. The fraction of sp³-hybridized carbons (Fsp3) is 1.00. The third-order valence-corrected chi connectivity index (χ3v) is 15.7. The second-order valence-electron chi connectivity index (χ2n) is 10.2. The van der Waals surface area contributed by atoms with Gasteiger partial charge in [0, 0.05) is 0 Å². The van der Waals surface area contributed by atoms with Gasteiger partial charge in [-0.25, -0.2) is 0 Å². The molecule has 0 aromatic rings. The Labute approximate surface area is 145 Å². The van der Waals surface area contributed by atoms with E-state index in [1.54, 1.807) is 0 Å². The molecule has 0 N–H and O–H groups in total. The van der Waals surface area contributed by atoms with Crippen LogP contribution in [0.5, 0.6) is 0 Å². The van der Waals surface area contributed by atoms with E-state index < -0.39 is 16.6 Å². The maximum atomic E-state index is 7.04. The molecule has 4 aliphatic rings. The quantitative estimate of drug-likeness (QED) is 0.461. The normalized spacial score (nSPS) is 42.8. The zero-order chi connectivity index (χ0) is 16.2. The van der Waals surface area contributed by atoms with Crippen LogP contribution in [-0.2, 0) is 8.85 Å². The minimum absolute atomic E-state index is 0.638. The summed E-state index contributed by atoms with van der Waals surface area (Å²) in [6.45, 7) is 10.1. The first kappa shape index (κ1) is 16.8. The SMILES string of the molecule is C[Si](C)(CCC1CCC2OC2C1)O[Si](C)(C)C1CC2CCC1C2. The van der Waals surface area contributed by atoms with Gasteiger partial charge < -0.3 is 8.85 Å². The van der Waals surface area contributed by atoms with E-state index in [4.69, 9.17) is 8.85 Å². The van der Waals surface area contributed by atoms with Gasteiger partial charge in [0.05, 0.1) is 12.2 Å². The van der Waals surface area contributed by atoms with Crippen LogP contribution < -0.4 is 0 Å². The van der Waals surface area contributed by atoms with Gasteiger partial charge in [-0.3, -0.25) is 0 Å². The van der Waals surface area contributed by atoms with E-state index in [1.807, 2.05) is 0 Å². The van der Waals surface area contributed by atoms with E-state index in [9.17, 15) is 0 Å². The minimum atomic E-state index is -1.51. The van der Waals surface area contributed by atoms with Gasteiger partial charge in [0.25, 0.3) is 0 Å². The Morgan fingerprint density at radius 1 is 0.913 bits per heavy atom. The molecule has 0 aromatic heterocycles. The van der Waals surface area contributed by atoms with Crippen molar-refractivity contribution in [2.45, 2.75) is 101 Å². The lowest BCUT2D eigenvalue weighted by molar-refractivity contribution is 0.354. The summed E-state index contributed by atoms with van der Waals surface area (Å²) >= 11 is 0. The summed E-state index contributed by atoms with van der Waals surface area (Å²) in [6, 6.07) is 1.37. The predicted molar refractivity (Wildman–Crippen MR) is 101 cm³/mol. The topological polar surface area (TPSA) is 21.8 Å². The minimum Gasteiger partial charge on any atom is -0.455 e. The van der Waals surface area contributed by atoms with Crippen molar-refractivity contribution in [1.29, 1.82) is 0 Å². The molecule has 4 fully saturated rings. The van der Waals surface area contributed by atoms with Gasteiger partial charge in [-0.05, 0) is 87.6 Å². The standard InChI is InChI=1S/C19H36O2Si2/c1-22(2,10-9-14-6-8-17-18(12-14)20-17)21-23(3,4)19-13-15-5-7-16(19)11-15/h14-19H,5-13H2,1-4H3. The first-order valence-corrected chi connectivity index (χ1v) is 16.3. The maximum absolute atomic E-state index is 7.04. The van der Waals surface area contributed by atoms with Crippen LogP contribution in [0.4, 0.5) is 0 Å². The number of rotatable bonds is 6. The molecule has 6 unspecified atom stereocenters. The molecule has 3 saturated carbocycles. The van der Waals surface area contributed by atoms with Crippen molar-refractivity contribution in [1.82, 2.24) is 0 Å². The Bertz CT molecular complexity index is 451. The van der Waals surface area contributed by atoms with Crippen LogP contribution in [0.15, 0.2) is 0 Å². The summed E-state index contributed by atoms with van der Waals surface area (Å²) in [5, 5.41) is 0. The number of ether oxygens (including phenoxy) is 1. The van der Waals surface area contributed by atoms with Crippen LogP contribution in [0.25, 0.3) is 0 Å². The molecule has 0 radical (unpaired) electrons. The van der Waals surface area contributed by atoms with Crippen molar-refractivity contribution >= 4 is 16.6 Å². The van der Waals surface area contributed by atoms with Gasteiger partial charge in [-0.2, -0.15) is 0 Å². The fourth-order valence-electron chi connectivity index (χ4n) is 6.24. The van der Waals surface area contributed by atoms with Crippen LogP contribution in [0.2, 0.25) is 37.8 Å². The number of fused-ring (bicyclic) bond motifs is 3. The van der Waals surface area contributed by atoms with Crippen molar-refractivity contribution < 1.29 is 8.85 Å². The van der Waals surface area contributed by atoms with E-state index in [1.165, 1.54) is 57.4 Å². The number of hydrogen-bond donors (Lipinski definition) is 0. The maximum Gasteiger partial charge on any atom is 0.176 e. The first-order valence-electron chi connectivity index (χ1n) is 10.2. The third kappa shape index (κ3) is 3.65. The Morgan fingerprint density at radius 2 is 1.74 bits per heavy atom. The highest BCUT2D eigenvalue weighted by Gasteiger charge is 2.50. The van der Waals surface area contributed by atoms with E-state index in [-0.39, 0.29) is 0 Å². The Hall–Kier alpha value is 0.354. The number of hydrogen-bond acceptors (Lipinski definition) is 2. The van der Waals surface area contributed by atoms with E-state index in [0.29, 0.717) is 12.2 Å². The smallest absolute Gasteiger partial charge is 0.176 e. The lowest BCUT2D eigenvalue weighted by Crippen LogP contribution is -2.48. The summed E-state index contributed by atoms with van der Waals surface area (Å²) in [6.07, 6.45) is 12.8. The number of epoxide rings is 1. The fourth-order valence-corrected chi connectivity index (χ4v) is 16.4. The van der Waals surface area contributed by atoms with Crippen molar-refractivity contribution in [2.75, 3.05) is 0 Å². The average molecular weight is 353 g/mol. The highest BCUT2D eigenvalue weighted by Crippen LogP contribution is 2.56. The zero-order valence-corrected chi connectivity index (χ0v) is 17.6. The molecule has 2 bridgehead atoms. The summed E-state index contributed by atoms with van der Waals surface area (Å²) in [7, 11) is -3.02. The van der Waals surface area contributed by atoms with Gasteiger partial charge >= 0.3 is 0 Å². The van der Waals surface area contributed by atoms with Crippen LogP contribution in [0.1, 0.15) is 51.4 Å². The molecule has 23 heavy (non-hydrogen) atoms. The summed E-state index contributed by atoms with van der Waals surface area (Å²) in [5.74, 6) is 2.99. The monoisotopic (exact) mass is 352 g/mol. The van der Waals surface area contributed by atoms with Crippen molar-refractivity contribution in [3.63, 3.8) is 0 Å². The largest absolute Gasteiger partial charge is 0.455 e. The van der Waals surface area contributed by atoms with Gasteiger partial charge in [-0.1, -0.05) is 19.3 Å². The Morgan fingerprint density at radius 3 is 2.39 bits per heavy atom. The van der Waals surface area contributed by atoms with Gasteiger partial charge in [0.2, 0.25) is 0 Å². The predicted octanol–water partition coefficient (Wildman–Crippen LogP) is 5.56. The summed E-state index contributed by atoms with van der Waals surface area (Å²) < 4.78 is 12.7. The molecule has 4 heteroatoms. The van der Waals surface area contributed by atoms with Crippen LogP contribution in [0, 0.1) is 17.8 Å². The zero-order valence-electron chi connectivity index (χ0n) is 15.6. The van der Waals surface area contributed by atoms with Gasteiger partial charge in [0.15, 0.2) is 16.6 Å². The Balaban J connectivity index is 1.29. The van der Waals surface area contributed by atoms with Crippen molar-refractivity contribution in [3.8, 4) is 0 Å². The molecular formula is C19H36O2Si2. The second-order valence-corrected chi connectivity index (χ2v) is 19.0. The third-order valence-electron chi connectivity index (χ3n) is 7.44. The lowest BCUT2D eigenvalue weighted by Gasteiger charge is -2.41. The molecule has 3 aliphatic carbocycles. The molecule has 2 nitrogen and oxygen atoms in total. The van der Waals surface area contributed by atoms with E-state index in [2.05, 4.69) is 26.2 Å². The average Bonchev–Trinajstić information content (AvgIpc) is 2.91.